The highest BCUT2D eigenvalue weighted by molar-refractivity contribution is 7.22. The van der Waals surface area contributed by atoms with Gasteiger partial charge in [-0.15, -0.1) is 12.4 Å². The molecule has 0 aliphatic rings. The first-order valence-electron chi connectivity index (χ1n) is 10.2. The van der Waals surface area contributed by atoms with Gasteiger partial charge in [0.25, 0.3) is 5.91 Å². The van der Waals surface area contributed by atoms with Gasteiger partial charge in [0.1, 0.15) is 0 Å². The first kappa shape index (κ1) is 24.1. The Morgan fingerprint density at radius 3 is 2.43 bits per heavy atom. The second-order valence-electron chi connectivity index (χ2n) is 7.19. The van der Waals surface area contributed by atoms with E-state index in [1.54, 1.807) is 17.4 Å². The number of nitrogens with zero attached hydrogens (tertiary/aromatic N) is 3. The van der Waals surface area contributed by atoms with Gasteiger partial charge in [0.05, 0.1) is 10.2 Å². The van der Waals surface area contributed by atoms with Gasteiger partial charge >= 0.3 is 0 Å². The van der Waals surface area contributed by atoms with Crippen LogP contribution in [0.4, 0.5) is 5.13 Å². The van der Waals surface area contributed by atoms with Crippen LogP contribution in [-0.4, -0.2) is 42.0 Å². The SMILES string of the molecule is CCN(CC)CCN(C(=O)C=Cc1ccccc1)c1nc2cc(C)cc(C)c2s1.Cl. The molecule has 3 rings (SSSR count). The van der Waals surface area contributed by atoms with Crippen molar-refractivity contribution in [2.75, 3.05) is 31.1 Å². The number of carbonyl (C=O) groups is 1. The van der Waals surface area contributed by atoms with Crippen molar-refractivity contribution >= 4 is 51.1 Å². The van der Waals surface area contributed by atoms with E-state index in [0.717, 1.165) is 40.5 Å². The van der Waals surface area contributed by atoms with E-state index in [-0.39, 0.29) is 18.3 Å². The smallest absolute Gasteiger partial charge is 0.252 e. The Morgan fingerprint density at radius 2 is 1.77 bits per heavy atom. The van der Waals surface area contributed by atoms with Crippen molar-refractivity contribution in [3.05, 3.63) is 65.2 Å². The number of hydrogen-bond donors (Lipinski definition) is 0. The van der Waals surface area contributed by atoms with Crippen molar-refractivity contribution in [2.24, 2.45) is 0 Å². The van der Waals surface area contributed by atoms with E-state index in [1.807, 2.05) is 41.3 Å². The number of fused-ring (bicyclic) bond motifs is 1. The first-order valence-corrected chi connectivity index (χ1v) is 11.0. The molecule has 3 aromatic rings. The van der Waals surface area contributed by atoms with Crippen LogP contribution in [0.1, 0.15) is 30.5 Å². The van der Waals surface area contributed by atoms with Gasteiger partial charge < -0.3 is 4.90 Å². The summed E-state index contributed by atoms with van der Waals surface area (Å²) in [7, 11) is 0. The second-order valence-corrected chi connectivity index (χ2v) is 8.16. The third-order valence-corrected chi connectivity index (χ3v) is 6.29. The third-order valence-electron chi connectivity index (χ3n) is 5.06. The summed E-state index contributed by atoms with van der Waals surface area (Å²) in [6.45, 7) is 11.9. The molecule has 4 nitrogen and oxygen atoms in total. The maximum absolute atomic E-state index is 13.1. The summed E-state index contributed by atoms with van der Waals surface area (Å²) in [5.41, 5.74) is 4.38. The zero-order chi connectivity index (χ0) is 20.8. The molecule has 0 unspecified atom stereocenters. The molecular formula is C24H30ClN3OS. The van der Waals surface area contributed by atoms with Crippen LogP contribution < -0.4 is 4.90 Å². The summed E-state index contributed by atoms with van der Waals surface area (Å²) < 4.78 is 1.15. The summed E-state index contributed by atoms with van der Waals surface area (Å²) >= 11 is 1.60. The Bertz CT molecular complexity index is 996. The van der Waals surface area contributed by atoms with Gasteiger partial charge in [-0.25, -0.2) is 4.98 Å². The molecule has 1 aromatic heterocycles. The molecule has 2 aromatic carbocycles. The summed E-state index contributed by atoms with van der Waals surface area (Å²) in [5.74, 6) is -0.0329. The number of amides is 1. The molecule has 1 heterocycles. The molecule has 0 N–H and O–H groups in total. The van der Waals surface area contributed by atoms with E-state index in [2.05, 4.69) is 44.7 Å². The average Bonchev–Trinajstić information content (AvgIpc) is 3.14. The minimum atomic E-state index is -0.0329. The zero-order valence-electron chi connectivity index (χ0n) is 18.1. The molecule has 0 fully saturated rings. The van der Waals surface area contributed by atoms with Gasteiger partial charge in [0.15, 0.2) is 5.13 Å². The van der Waals surface area contributed by atoms with Crippen LogP contribution in [0.3, 0.4) is 0 Å². The minimum Gasteiger partial charge on any atom is -0.302 e. The Morgan fingerprint density at radius 1 is 1.07 bits per heavy atom. The normalized spacial score (nSPS) is 11.2. The van der Waals surface area contributed by atoms with E-state index in [4.69, 9.17) is 4.98 Å². The highest BCUT2D eigenvalue weighted by atomic mass is 35.5. The standard InChI is InChI=1S/C24H29N3OS.ClH/c1-5-26(6-2)14-15-27(22(28)13-12-20-10-8-7-9-11-20)24-25-21-17-18(3)16-19(4)23(21)29-24;/h7-13,16-17H,5-6,14-15H2,1-4H3;1H. The largest absolute Gasteiger partial charge is 0.302 e. The predicted octanol–water partition coefficient (Wildman–Crippen LogP) is 5.72. The van der Waals surface area contributed by atoms with Crippen LogP contribution in [0, 0.1) is 13.8 Å². The highest BCUT2D eigenvalue weighted by Crippen LogP contribution is 2.32. The molecule has 0 atom stereocenters. The molecule has 1 amide bonds. The van der Waals surface area contributed by atoms with Gasteiger partial charge in [0, 0.05) is 19.2 Å². The topological polar surface area (TPSA) is 36.4 Å². The fourth-order valence-electron chi connectivity index (χ4n) is 3.38. The van der Waals surface area contributed by atoms with E-state index < -0.39 is 0 Å². The second kappa shape index (κ2) is 11.3. The van der Waals surface area contributed by atoms with Crippen molar-refractivity contribution in [3.63, 3.8) is 0 Å². The lowest BCUT2D eigenvalue weighted by molar-refractivity contribution is -0.114. The molecule has 0 aliphatic carbocycles. The van der Waals surface area contributed by atoms with Crippen LogP contribution in [0.15, 0.2) is 48.5 Å². The van der Waals surface area contributed by atoms with Crippen molar-refractivity contribution in [1.29, 1.82) is 0 Å². The molecular weight excluding hydrogens is 414 g/mol. The van der Waals surface area contributed by atoms with Crippen molar-refractivity contribution < 1.29 is 4.79 Å². The number of aromatic nitrogens is 1. The van der Waals surface area contributed by atoms with Crippen LogP contribution >= 0.6 is 23.7 Å². The Labute approximate surface area is 189 Å². The molecule has 0 saturated heterocycles. The van der Waals surface area contributed by atoms with E-state index in [9.17, 15) is 4.79 Å². The maximum atomic E-state index is 13.1. The maximum Gasteiger partial charge on any atom is 0.252 e. The average molecular weight is 444 g/mol. The Kier molecular flexibility index (Phi) is 9.03. The fourth-order valence-corrected chi connectivity index (χ4v) is 4.43. The lowest BCUT2D eigenvalue weighted by atomic mass is 10.1. The quantitative estimate of drug-likeness (QED) is 0.417. The van der Waals surface area contributed by atoms with Crippen molar-refractivity contribution in [2.45, 2.75) is 27.7 Å². The van der Waals surface area contributed by atoms with Gasteiger partial charge in [-0.05, 0) is 55.8 Å². The highest BCUT2D eigenvalue weighted by Gasteiger charge is 2.19. The molecule has 0 aliphatic heterocycles. The number of anilines is 1. The van der Waals surface area contributed by atoms with E-state index >= 15 is 0 Å². The van der Waals surface area contributed by atoms with Crippen LogP contribution in [-0.2, 0) is 4.79 Å². The molecule has 6 heteroatoms. The lowest BCUT2D eigenvalue weighted by Gasteiger charge is -2.23. The number of benzene rings is 2. The molecule has 0 saturated carbocycles. The summed E-state index contributed by atoms with van der Waals surface area (Å²) in [4.78, 5) is 22.1. The van der Waals surface area contributed by atoms with Gasteiger partial charge in [-0.2, -0.15) is 0 Å². The molecule has 160 valence electrons. The van der Waals surface area contributed by atoms with Crippen LogP contribution in [0.5, 0.6) is 0 Å². The van der Waals surface area contributed by atoms with Gasteiger partial charge in [-0.1, -0.05) is 61.6 Å². The lowest BCUT2D eigenvalue weighted by Crippen LogP contribution is -2.38. The zero-order valence-corrected chi connectivity index (χ0v) is 19.7. The fraction of sp³-hybridized carbons (Fsp3) is 0.333. The third kappa shape index (κ3) is 5.91. The van der Waals surface area contributed by atoms with E-state index in [1.165, 1.54) is 11.1 Å². The van der Waals surface area contributed by atoms with Crippen LogP contribution in [0.25, 0.3) is 16.3 Å². The number of hydrogen-bond acceptors (Lipinski definition) is 4. The number of aryl methyl sites for hydroxylation is 2. The van der Waals surface area contributed by atoms with Crippen molar-refractivity contribution in [1.82, 2.24) is 9.88 Å². The number of carbonyl (C=O) groups excluding carboxylic acids is 1. The number of thiazole rings is 1. The summed E-state index contributed by atoms with van der Waals surface area (Å²) in [6, 6.07) is 14.2. The molecule has 0 radical (unpaired) electrons. The molecule has 0 bridgehead atoms. The Hall–Kier alpha value is -2.21. The van der Waals surface area contributed by atoms with Crippen LogP contribution in [0.2, 0.25) is 0 Å². The van der Waals surface area contributed by atoms with E-state index in [0.29, 0.717) is 6.54 Å². The Balaban J connectivity index is 0.00000320. The monoisotopic (exact) mass is 443 g/mol. The minimum absolute atomic E-state index is 0. The number of likely N-dealkylation sites (N-methyl/N-ethyl adjacent to an activating group) is 1. The summed E-state index contributed by atoms with van der Waals surface area (Å²) in [5, 5.41) is 0.767. The summed E-state index contributed by atoms with van der Waals surface area (Å²) in [6.07, 6.45) is 3.53. The molecule has 30 heavy (non-hydrogen) atoms. The van der Waals surface area contributed by atoms with Gasteiger partial charge in [0.2, 0.25) is 0 Å². The number of rotatable bonds is 8. The first-order chi connectivity index (χ1) is 14.0. The molecule has 0 spiro atoms. The van der Waals surface area contributed by atoms with Crippen molar-refractivity contribution in [3.8, 4) is 0 Å². The van der Waals surface area contributed by atoms with Gasteiger partial charge in [-0.3, -0.25) is 9.69 Å². The number of halogens is 1. The predicted molar refractivity (Wildman–Crippen MR) is 132 cm³/mol.